The number of hydrogen-bond acceptors (Lipinski definition) is 5. The van der Waals surface area contributed by atoms with Gasteiger partial charge in [0.1, 0.15) is 5.75 Å². The Morgan fingerprint density at radius 2 is 1.66 bits per heavy atom. The van der Waals surface area contributed by atoms with E-state index in [2.05, 4.69) is 10.6 Å². The third-order valence-corrected chi connectivity index (χ3v) is 4.31. The van der Waals surface area contributed by atoms with E-state index in [1.807, 2.05) is 30.3 Å². The highest BCUT2D eigenvalue weighted by Gasteiger charge is 2.07. The molecule has 0 radical (unpaired) electrons. The Labute approximate surface area is 168 Å². The smallest absolute Gasteiger partial charge is 0.269 e. The van der Waals surface area contributed by atoms with Gasteiger partial charge in [-0.25, -0.2) is 0 Å². The van der Waals surface area contributed by atoms with Crippen LogP contribution >= 0.6 is 0 Å². The molecule has 0 spiro atoms. The first-order chi connectivity index (χ1) is 14.0. The molecule has 7 nitrogen and oxygen atoms in total. The summed E-state index contributed by atoms with van der Waals surface area (Å²) in [5, 5.41) is 16.9. The summed E-state index contributed by atoms with van der Waals surface area (Å²) in [5.41, 5.74) is 3.36. The first kappa shape index (κ1) is 19.9. The fourth-order valence-electron chi connectivity index (χ4n) is 2.79. The number of carbonyl (C=O) groups excluding carboxylic acids is 1. The van der Waals surface area contributed by atoms with Gasteiger partial charge >= 0.3 is 0 Å². The predicted molar refractivity (Wildman–Crippen MR) is 112 cm³/mol. The topological polar surface area (TPSA) is 93.5 Å². The molecule has 0 saturated carbocycles. The van der Waals surface area contributed by atoms with Crippen LogP contribution in [0.4, 0.5) is 17.1 Å². The SMILES string of the molecule is COc1ccc(NC(=O)Cc2ccc(NCc3cccc([N+](=O)[O-])c3)cc2)cc1. The third kappa shape index (κ3) is 5.80. The Morgan fingerprint density at radius 3 is 2.31 bits per heavy atom. The van der Waals surface area contributed by atoms with Gasteiger partial charge in [0, 0.05) is 30.1 Å². The zero-order valence-electron chi connectivity index (χ0n) is 15.9. The number of amides is 1. The van der Waals surface area contributed by atoms with Gasteiger partial charge in [-0.05, 0) is 47.5 Å². The van der Waals surface area contributed by atoms with Gasteiger partial charge in [-0.3, -0.25) is 14.9 Å². The van der Waals surface area contributed by atoms with Gasteiger partial charge in [-0.2, -0.15) is 0 Å². The largest absolute Gasteiger partial charge is 0.497 e. The minimum Gasteiger partial charge on any atom is -0.497 e. The molecule has 0 saturated heterocycles. The monoisotopic (exact) mass is 391 g/mol. The fourth-order valence-corrected chi connectivity index (χ4v) is 2.79. The molecule has 148 valence electrons. The molecule has 0 bridgehead atoms. The second kappa shape index (κ2) is 9.36. The average Bonchev–Trinajstić information content (AvgIpc) is 2.74. The number of rotatable bonds is 8. The molecule has 3 aromatic carbocycles. The maximum atomic E-state index is 12.2. The minimum atomic E-state index is -0.407. The Hall–Kier alpha value is -3.87. The number of benzene rings is 3. The first-order valence-electron chi connectivity index (χ1n) is 9.03. The van der Waals surface area contributed by atoms with Crippen molar-refractivity contribution in [1.82, 2.24) is 0 Å². The standard InChI is InChI=1S/C22H21N3O4/c1-29-21-11-9-19(10-12-21)24-22(26)14-16-5-7-18(8-6-16)23-15-17-3-2-4-20(13-17)25(27)28/h2-13,23H,14-15H2,1H3,(H,24,26). The minimum absolute atomic E-state index is 0.0718. The van der Waals surface area contributed by atoms with Crippen molar-refractivity contribution in [2.24, 2.45) is 0 Å². The van der Waals surface area contributed by atoms with Crippen molar-refractivity contribution in [2.75, 3.05) is 17.7 Å². The van der Waals surface area contributed by atoms with E-state index in [-0.39, 0.29) is 18.0 Å². The van der Waals surface area contributed by atoms with Gasteiger partial charge in [-0.15, -0.1) is 0 Å². The molecule has 0 unspecified atom stereocenters. The molecule has 3 aromatic rings. The molecule has 0 aliphatic rings. The lowest BCUT2D eigenvalue weighted by atomic mass is 10.1. The highest BCUT2D eigenvalue weighted by Crippen LogP contribution is 2.17. The summed E-state index contributed by atoms with van der Waals surface area (Å²) < 4.78 is 5.10. The van der Waals surface area contributed by atoms with Crippen LogP contribution in [0.5, 0.6) is 5.75 Å². The second-order valence-electron chi connectivity index (χ2n) is 6.43. The number of nitro groups is 1. The predicted octanol–water partition coefficient (Wildman–Crippen LogP) is 4.40. The van der Waals surface area contributed by atoms with Crippen LogP contribution in [0.15, 0.2) is 72.8 Å². The van der Waals surface area contributed by atoms with Gasteiger partial charge in [-0.1, -0.05) is 24.3 Å². The number of methoxy groups -OCH3 is 1. The van der Waals surface area contributed by atoms with Crippen LogP contribution in [0.3, 0.4) is 0 Å². The van der Waals surface area contributed by atoms with Gasteiger partial charge < -0.3 is 15.4 Å². The van der Waals surface area contributed by atoms with E-state index < -0.39 is 4.92 Å². The second-order valence-corrected chi connectivity index (χ2v) is 6.43. The summed E-state index contributed by atoms with van der Waals surface area (Å²) in [7, 11) is 1.59. The molecule has 2 N–H and O–H groups in total. The maximum absolute atomic E-state index is 12.2. The Bertz CT molecular complexity index is 986. The van der Waals surface area contributed by atoms with Crippen LogP contribution in [0.1, 0.15) is 11.1 Å². The quantitative estimate of drug-likeness (QED) is 0.439. The number of nitro benzene ring substituents is 1. The van der Waals surface area contributed by atoms with Gasteiger partial charge in [0.15, 0.2) is 0 Å². The number of anilines is 2. The summed E-state index contributed by atoms with van der Waals surface area (Å²) in [4.78, 5) is 22.6. The maximum Gasteiger partial charge on any atom is 0.269 e. The van der Waals surface area contributed by atoms with E-state index in [4.69, 9.17) is 4.74 Å². The zero-order valence-corrected chi connectivity index (χ0v) is 15.9. The molecular formula is C22H21N3O4. The molecule has 0 heterocycles. The van der Waals surface area contributed by atoms with E-state index >= 15 is 0 Å². The van der Waals surface area contributed by atoms with E-state index in [1.54, 1.807) is 43.5 Å². The van der Waals surface area contributed by atoms with Gasteiger partial charge in [0.25, 0.3) is 5.69 Å². The highest BCUT2D eigenvalue weighted by atomic mass is 16.6. The average molecular weight is 391 g/mol. The van der Waals surface area contributed by atoms with Crippen LogP contribution in [-0.2, 0) is 17.8 Å². The summed E-state index contributed by atoms with van der Waals surface area (Å²) in [5.74, 6) is 0.628. The van der Waals surface area contributed by atoms with Crippen LogP contribution in [-0.4, -0.2) is 17.9 Å². The van der Waals surface area contributed by atoms with Crippen molar-refractivity contribution in [1.29, 1.82) is 0 Å². The molecule has 29 heavy (non-hydrogen) atoms. The van der Waals surface area contributed by atoms with E-state index in [0.717, 1.165) is 22.6 Å². The molecular weight excluding hydrogens is 370 g/mol. The summed E-state index contributed by atoms with van der Waals surface area (Å²) in [6, 6.07) is 21.2. The van der Waals surface area contributed by atoms with E-state index in [0.29, 0.717) is 12.2 Å². The highest BCUT2D eigenvalue weighted by molar-refractivity contribution is 5.92. The Kier molecular flexibility index (Phi) is 6.42. The van der Waals surface area contributed by atoms with Crippen LogP contribution < -0.4 is 15.4 Å². The summed E-state index contributed by atoms with van der Waals surface area (Å²) in [6.07, 6.45) is 0.261. The molecule has 3 rings (SSSR count). The Balaban J connectivity index is 1.52. The van der Waals surface area contributed by atoms with E-state index in [1.165, 1.54) is 6.07 Å². The van der Waals surface area contributed by atoms with Crippen LogP contribution in [0, 0.1) is 10.1 Å². The third-order valence-electron chi connectivity index (χ3n) is 4.31. The lowest BCUT2D eigenvalue weighted by molar-refractivity contribution is -0.384. The van der Waals surface area contributed by atoms with Crippen LogP contribution in [0.25, 0.3) is 0 Å². The van der Waals surface area contributed by atoms with Crippen LogP contribution in [0.2, 0.25) is 0 Å². The molecule has 0 aromatic heterocycles. The first-order valence-corrected chi connectivity index (χ1v) is 9.03. The number of non-ortho nitro benzene ring substituents is 1. The fraction of sp³-hybridized carbons (Fsp3) is 0.136. The molecule has 0 aliphatic heterocycles. The number of nitrogens with one attached hydrogen (secondary N) is 2. The zero-order chi connectivity index (χ0) is 20.6. The number of carbonyl (C=O) groups is 1. The van der Waals surface area contributed by atoms with Crippen molar-refractivity contribution in [2.45, 2.75) is 13.0 Å². The molecule has 7 heteroatoms. The molecule has 0 aliphatic carbocycles. The molecule has 1 amide bonds. The Morgan fingerprint density at radius 1 is 0.966 bits per heavy atom. The van der Waals surface area contributed by atoms with Crippen molar-refractivity contribution in [3.63, 3.8) is 0 Å². The van der Waals surface area contributed by atoms with Gasteiger partial charge in [0.05, 0.1) is 18.5 Å². The van der Waals surface area contributed by atoms with E-state index in [9.17, 15) is 14.9 Å². The van der Waals surface area contributed by atoms with Crippen molar-refractivity contribution in [3.8, 4) is 5.75 Å². The van der Waals surface area contributed by atoms with Crippen molar-refractivity contribution < 1.29 is 14.5 Å². The summed E-state index contributed by atoms with van der Waals surface area (Å²) in [6.45, 7) is 0.471. The molecule has 0 atom stereocenters. The summed E-state index contributed by atoms with van der Waals surface area (Å²) >= 11 is 0. The lowest BCUT2D eigenvalue weighted by Gasteiger charge is -2.09. The van der Waals surface area contributed by atoms with Crippen molar-refractivity contribution >= 4 is 23.0 Å². The number of ether oxygens (including phenoxy) is 1. The number of nitrogens with zero attached hydrogens (tertiary/aromatic N) is 1. The molecule has 0 fully saturated rings. The van der Waals surface area contributed by atoms with Crippen molar-refractivity contribution in [3.05, 3.63) is 94.0 Å². The lowest BCUT2D eigenvalue weighted by Crippen LogP contribution is -2.14. The van der Waals surface area contributed by atoms with Gasteiger partial charge in [0.2, 0.25) is 5.91 Å². The number of hydrogen-bond donors (Lipinski definition) is 2. The normalized spacial score (nSPS) is 10.2.